The molecule has 0 spiro atoms. The summed E-state index contributed by atoms with van der Waals surface area (Å²) in [5, 5.41) is 3.42. The monoisotopic (exact) mass is 345 g/mol. The molecule has 2 rings (SSSR count). The number of hydrogen-bond donors (Lipinski definition) is 1. The van der Waals surface area contributed by atoms with Crippen LogP contribution < -0.4 is 14.8 Å². The molecule has 1 unspecified atom stereocenters. The van der Waals surface area contributed by atoms with Crippen molar-refractivity contribution < 1.29 is 9.47 Å². The zero-order valence-corrected chi connectivity index (χ0v) is 14.4. The molecule has 0 saturated carbocycles. The Morgan fingerprint density at radius 1 is 1.10 bits per heavy atom. The third-order valence-electron chi connectivity index (χ3n) is 3.11. The van der Waals surface area contributed by atoms with Gasteiger partial charge in [-0.1, -0.05) is 30.1 Å². The lowest BCUT2D eigenvalue weighted by Gasteiger charge is -2.19. The Morgan fingerprint density at radius 3 is 2.14 bits per heavy atom. The summed E-state index contributed by atoms with van der Waals surface area (Å²) in [6.45, 7) is 2.85. The van der Waals surface area contributed by atoms with Crippen molar-refractivity contribution in [1.82, 2.24) is 5.32 Å². The zero-order chi connectivity index (χ0) is 15.4. The average molecular weight is 346 g/mol. The Hall–Kier alpha value is -0.940. The van der Waals surface area contributed by atoms with Crippen LogP contribution in [0.2, 0.25) is 8.67 Å². The van der Waals surface area contributed by atoms with Gasteiger partial charge in [0, 0.05) is 11.6 Å². The molecule has 1 aromatic carbocycles. The minimum Gasteiger partial charge on any atom is -0.497 e. The molecule has 1 atom stereocenters. The molecule has 0 aliphatic heterocycles. The summed E-state index contributed by atoms with van der Waals surface area (Å²) in [6.07, 6.45) is 0. The first kappa shape index (κ1) is 16.4. The number of rotatable bonds is 6. The molecule has 0 aliphatic rings. The summed E-state index contributed by atoms with van der Waals surface area (Å²) in [4.78, 5) is 0. The molecule has 6 heteroatoms. The Bertz CT molecular complexity index is 593. The van der Waals surface area contributed by atoms with Crippen LogP contribution in [0.3, 0.4) is 0 Å². The van der Waals surface area contributed by atoms with Gasteiger partial charge in [0.15, 0.2) is 0 Å². The summed E-state index contributed by atoms with van der Waals surface area (Å²) in [5.74, 6) is 1.48. The van der Waals surface area contributed by atoms with E-state index in [1.165, 1.54) is 11.3 Å². The van der Waals surface area contributed by atoms with Crippen molar-refractivity contribution in [2.75, 3.05) is 20.8 Å². The van der Waals surface area contributed by atoms with Crippen LogP contribution in [0, 0.1) is 0 Å². The SMILES string of the molecule is CCNC(c1cc(OC)cc(OC)c1)c1cc(Cl)sc1Cl. The van der Waals surface area contributed by atoms with E-state index in [2.05, 4.69) is 5.32 Å². The van der Waals surface area contributed by atoms with Crippen molar-refractivity contribution in [2.45, 2.75) is 13.0 Å². The van der Waals surface area contributed by atoms with Crippen LogP contribution in [-0.4, -0.2) is 20.8 Å². The van der Waals surface area contributed by atoms with Crippen LogP contribution in [0.1, 0.15) is 24.1 Å². The normalized spacial score (nSPS) is 12.2. The fourth-order valence-corrected chi connectivity index (χ4v) is 3.69. The van der Waals surface area contributed by atoms with Gasteiger partial charge in [-0.3, -0.25) is 0 Å². The van der Waals surface area contributed by atoms with E-state index < -0.39 is 0 Å². The van der Waals surface area contributed by atoms with Crippen molar-refractivity contribution in [2.24, 2.45) is 0 Å². The third-order valence-corrected chi connectivity index (χ3v) is 4.63. The molecule has 0 radical (unpaired) electrons. The first-order valence-electron chi connectivity index (χ1n) is 6.50. The summed E-state index contributed by atoms with van der Waals surface area (Å²) in [5.41, 5.74) is 1.98. The lowest BCUT2D eigenvalue weighted by atomic mass is 10.0. The van der Waals surface area contributed by atoms with E-state index >= 15 is 0 Å². The van der Waals surface area contributed by atoms with Gasteiger partial charge in [-0.05, 0) is 30.3 Å². The Morgan fingerprint density at radius 2 is 1.71 bits per heavy atom. The second-order valence-electron chi connectivity index (χ2n) is 4.42. The third kappa shape index (κ3) is 3.83. The number of halogens is 2. The van der Waals surface area contributed by atoms with E-state index in [1.54, 1.807) is 14.2 Å². The molecule has 0 fully saturated rings. The van der Waals surface area contributed by atoms with Crippen LogP contribution in [0.15, 0.2) is 24.3 Å². The first-order chi connectivity index (χ1) is 10.1. The highest BCUT2D eigenvalue weighted by molar-refractivity contribution is 7.20. The molecule has 3 nitrogen and oxygen atoms in total. The van der Waals surface area contributed by atoms with Crippen LogP contribution in [-0.2, 0) is 0 Å². The van der Waals surface area contributed by atoms with E-state index in [0.29, 0.717) is 8.67 Å². The Kier molecular flexibility index (Phi) is 5.76. The van der Waals surface area contributed by atoms with Crippen molar-refractivity contribution in [3.8, 4) is 11.5 Å². The molecule has 1 N–H and O–H groups in total. The maximum Gasteiger partial charge on any atom is 0.122 e. The van der Waals surface area contributed by atoms with Gasteiger partial charge in [0.25, 0.3) is 0 Å². The van der Waals surface area contributed by atoms with E-state index in [-0.39, 0.29) is 6.04 Å². The van der Waals surface area contributed by atoms with Crippen LogP contribution >= 0.6 is 34.5 Å². The highest BCUT2D eigenvalue weighted by Crippen LogP contribution is 2.39. The Balaban J connectivity index is 2.49. The highest BCUT2D eigenvalue weighted by atomic mass is 35.5. The fourth-order valence-electron chi connectivity index (χ4n) is 2.16. The van der Waals surface area contributed by atoms with Gasteiger partial charge >= 0.3 is 0 Å². The minimum atomic E-state index is -0.0600. The number of methoxy groups -OCH3 is 2. The predicted octanol–water partition coefficient (Wildman–Crippen LogP) is 4.77. The number of hydrogen-bond acceptors (Lipinski definition) is 4. The lowest BCUT2D eigenvalue weighted by Crippen LogP contribution is -2.21. The molecule has 0 amide bonds. The summed E-state index contributed by atoms with van der Waals surface area (Å²) >= 11 is 13.7. The number of nitrogens with one attached hydrogen (secondary N) is 1. The molecule has 21 heavy (non-hydrogen) atoms. The van der Waals surface area contributed by atoms with Gasteiger partial charge in [0.1, 0.15) is 11.5 Å². The summed E-state index contributed by atoms with van der Waals surface area (Å²) in [6, 6.07) is 7.62. The molecule has 0 aliphatic carbocycles. The Labute approximate surface area is 138 Å². The van der Waals surface area contributed by atoms with Crippen molar-refractivity contribution in [3.05, 3.63) is 44.1 Å². The maximum atomic E-state index is 6.30. The van der Waals surface area contributed by atoms with Crippen molar-refractivity contribution >= 4 is 34.5 Å². The molecule has 114 valence electrons. The lowest BCUT2D eigenvalue weighted by molar-refractivity contribution is 0.392. The van der Waals surface area contributed by atoms with Crippen LogP contribution in [0.25, 0.3) is 0 Å². The smallest absolute Gasteiger partial charge is 0.122 e. The largest absolute Gasteiger partial charge is 0.497 e. The van der Waals surface area contributed by atoms with Crippen LogP contribution in [0.5, 0.6) is 11.5 Å². The van der Waals surface area contributed by atoms with Crippen molar-refractivity contribution in [1.29, 1.82) is 0 Å². The van der Waals surface area contributed by atoms with Gasteiger partial charge in [-0.2, -0.15) is 0 Å². The maximum absolute atomic E-state index is 6.30. The quantitative estimate of drug-likeness (QED) is 0.817. The standard InChI is InChI=1S/C15H17Cl2NO2S/c1-4-18-14(12-8-13(16)21-15(12)17)9-5-10(19-2)7-11(6-9)20-3/h5-8,14,18H,4H2,1-3H3. The van der Waals surface area contributed by atoms with E-state index in [0.717, 1.165) is 29.2 Å². The molecule has 0 saturated heterocycles. The predicted molar refractivity (Wildman–Crippen MR) is 89.4 cm³/mol. The van der Waals surface area contributed by atoms with Gasteiger partial charge in [0.05, 0.1) is 28.9 Å². The second-order valence-corrected chi connectivity index (χ2v) is 6.70. The van der Waals surface area contributed by atoms with Gasteiger partial charge in [0.2, 0.25) is 0 Å². The molecule has 0 bridgehead atoms. The van der Waals surface area contributed by atoms with Crippen LogP contribution in [0.4, 0.5) is 0 Å². The van der Waals surface area contributed by atoms with E-state index in [1.807, 2.05) is 31.2 Å². The number of benzene rings is 1. The first-order valence-corrected chi connectivity index (χ1v) is 8.07. The molecular formula is C15H17Cl2NO2S. The zero-order valence-electron chi connectivity index (χ0n) is 12.1. The summed E-state index contributed by atoms with van der Waals surface area (Å²) < 4.78 is 12.0. The highest BCUT2D eigenvalue weighted by Gasteiger charge is 2.20. The average Bonchev–Trinajstić information content (AvgIpc) is 2.82. The molecule has 1 aromatic heterocycles. The second kappa shape index (κ2) is 7.36. The number of ether oxygens (including phenoxy) is 2. The molecule has 1 heterocycles. The fraction of sp³-hybridized carbons (Fsp3) is 0.333. The molecule has 2 aromatic rings. The van der Waals surface area contributed by atoms with E-state index in [4.69, 9.17) is 32.7 Å². The van der Waals surface area contributed by atoms with E-state index in [9.17, 15) is 0 Å². The summed E-state index contributed by atoms with van der Waals surface area (Å²) in [7, 11) is 3.27. The van der Waals surface area contributed by atoms with Crippen molar-refractivity contribution in [3.63, 3.8) is 0 Å². The topological polar surface area (TPSA) is 30.5 Å². The molecular weight excluding hydrogens is 329 g/mol. The van der Waals surface area contributed by atoms with Gasteiger partial charge in [-0.15, -0.1) is 11.3 Å². The van der Waals surface area contributed by atoms with Gasteiger partial charge in [-0.25, -0.2) is 0 Å². The van der Waals surface area contributed by atoms with Gasteiger partial charge < -0.3 is 14.8 Å². The number of thiophene rings is 1. The minimum absolute atomic E-state index is 0.0600.